The molecule has 0 spiro atoms. The van der Waals surface area contributed by atoms with Crippen LogP contribution in [-0.2, 0) is 0 Å². The monoisotopic (exact) mass is 339 g/mol. The number of likely N-dealkylation sites (N-methyl/N-ethyl adjacent to an activating group) is 1. The largest absolute Gasteiger partial charge is 0.468 e. The van der Waals surface area contributed by atoms with E-state index in [1.165, 1.54) is 4.80 Å². The van der Waals surface area contributed by atoms with Gasteiger partial charge in [-0.15, -0.1) is 5.10 Å². The molecule has 2 aromatic heterocycles. The first-order valence-corrected chi connectivity index (χ1v) is 8.03. The maximum Gasteiger partial charge on any atom is 0.273 e. The number of furan rings is 1. The second-order valence-corrected chi connectivity index (χ2v) is 5.96. The van der Waals surface area contributed by atoms with E-state index in [9.17, 15) is 4.79 Å². The summed E-state index contributed by atoms with van der Waals surface area (Å²) in [4.78, 5) is 16.0. The number of rotatable bonds is 6. The fourth-order valence-corrected chi connectivity index (χ4v) is 2.56. The first-order chi connectivity index (χ1) is 12.1. The Morgan fingerprint density at radius 3 is 2.60 bits per heavy atom. The number of nitrogens with zero attached hydrogens (tertiary/aromatic N) is 4. The molecule has 0 radical (unpaired) electrons. The fraction of sp³-hybridized carbons (Fsp3) is 0.278. The van der Waals surface area contributed by atoms with Gasteiger partial charge in [-0.3, -0.25) is 9.69 Å². The molecule has 0 bridgehead atoms. The van der Waals surface area contributed by atoms with E-state index in [1.807, 2.05) is 61.5 Å². The number of aromatic nitrogens is 3. The van der Waals surface area contributed by atoms with Crippen LogP contribution in [0.5, 0.6) is 0 Å². The number of para-hydroxylation sites is 1. The fourth-order valence-electron chi connectivity index (χ4n) is 2.56. The molecule has 3 rings (SSSR count). The highest BCUT2D eigenvalue weighted by Crippen LogP contribution is 2.17. The highest BCUT2D eigenvalue weighted by atomic mass is 16.3. The summed E-state index contributed by atoms with van der Waals surface area (Å²) in [7, 11) is 3.88. The zero-order valence-electron chi connectivity index (χ0n) is 14.5. The molecule has 130 valence electrons. The lowest BCUT2D eigenvalue weighted by molar-refractivity contribution is 0.0933. The third-order valence-corrected chi connectivity index (χ3v) is 3.94. The normalized spacial score (nSPS) is 12.3. The van der Waals surface area contributed by atoms with E-state index in [-0.39, 0.29) is 11.9 Å². The van der Waals surface area contributed by atoms with Crippen molar-refractivity contribution in [1.29, 1.82) is 0 Å². The summed E-state index contributed by atoms with van der Waals surface area (Å²) in [5, 5.41) is 11.6. The first-order valence-electron chi connectivity index (χ1n) is 8.03. The minimum absolute atomic E-state index is 0.0524. The van der Waals surface area contributed by atoms with E-state index in [1.54, 1.807) is 13.2 Å². The molecule has 1 aromatic carbocycles. The molecular formula is C18H21N5O2. The lowest BCUT2D eigenvalue weighted by atomic mass is 10.2. The molecule has 25 heavy (non-hydrogen) atoms. The third-order valence-electron chi connectivity index (χ3n) is 3.94. The average Bonchev–Trinajstić information content (AvgIpc) is 3.25. The minimum atomic E-state index is -0.252. The van der Waals surface area contributed by atoms with Gasteiger partial charge in [-0.1, -0.05) is 18.2 Å². The predicted octanol–water partition coefficient (Wildman–Crippen LogP) is 2.20. The van der Waals surface area contributed by atoms with Crippen LogP contribution in [0.25, 0.3) is 5.69 Å². The van der Waals surface area contributed by atoms with Crippen molar-refractivity contribution in [3.63, 3.8) is 0 Å². The van der Waals surface area contributed by atoms with Gasteiger partial charge in [0.1, 0.15) is 5.76 Å². The molecule has 7 nitrogen and oxygen atoms in total. The van der Waals surface area contributed by atoms with Crippen LogP contribution in [0, 0.1) is 6.92 Å². The molecule has 0 saturated carbocycles. The van der Waals surface area contributed by atoms with Crippen LogP contribution < -0.4 is 5.32 Å². The Labute approximate surface area is 146 Å². The molecule has 0 aliphatic heterocycles. The Morgan fingerprint density at radius 1 is 1.20 bits per heavy atom. The third kappa shape index (κ3) is 3.77. The number of nitrogens with one attached hydrogen (secondary N) is 1. The van der Waals surface area contributed by atoms with E-state index >= 15 is 0 Å². The van der Waals surface area contributed by atoms with Crippen LogP contribution in [0.4, 0.5) is 0 Å². The number of hydrogen-bond donors (Lipinski definition) is 1. The molecule has 1 N–H and O–H groups in total. The summed E-state index contributed by atoms with van der Waals surface area (Å²) in [6, 6.07) is 13.2. The van der Waals surface area contributed by atoms with Crippen molar-refractivity contribution in [2.24, 2.45) is 0 Å². The Kier molecular flexibility index (Phi) is 4.95. The van der Waals surface area contributed by atoms with Crippen LogP contribution in [0.1, 0.15) is 28.0 Å². The van der Waals surface area contributed by atoms with Gasteiger partial charge in [-0.2, -0.15) is 9.90 Å². The van der Waals surface area contributed by atoms with Gasteiger partial charge in [0.15, 0.2) is 5.69 Å². The summed E-state index contributed by atoms with van der Waals surface area (Å²) in [5.74, 6) is 0.549. The topological polar surface area (TPSA) is 76.2 Å². The van der Waals surface area contributed by atoms with Gasteiger partial charge in [-0.25, -0.2) is 0 Å². The molecule has 1 atom stereocenters. The van der Waals surface area contributed by atoms with Crippen molar-refractivity contribution in [3.05, 3.63) is 65.9 Å². The van der Waals surface area contributed by atoms with E-state index in [0.29, 0.717) is 17.9 Å². The lowest BCUT2D eigenvalue weighted by Crippen LogP contribution is -2.34. The molecule has 0 aliphatic rings. The van der Waals surface area contributed by atoms with Crippen LogP contribution in [0.15, 0.2) is 53.1 Å². The highest BCUT2D eigenvalue weighted by molar-refractivity contribution is 5.93. The standard InChI is InChI=1S/C18H21N5O2/c1-13-17(21-23(20-13)14-8-5-4-6-9-14)18(24)19-12-15(22(2)3)16-10-7-11-25-16/h4-11,15H,12H2,1-3H3,(H,19,24)/t15-/m1/s1. The van der Waals surface area contributed by atoms with Gasteiger partial charge in [0.05, 0.1) is 23.7 Å². The number of benzene rings is 1. The summed E-state index contributed by atoms with van der Waals surface area (Å²) >= 11 is 0. The SMILES string of the molecule is Cc1nn(-c2ccccc2)nc1C(=O)NC[C@H](c1ccco1)N(C)C. The second kappa shape index (κ2) is 7.31. The molecule has 3 aromatic rings. The van der Waals surface area contributed by atoms with Crippen LogP contribution in [0.2, 0.25) is 0 Å². The van der Waals surface area contributed by atoms with Gasteiger partial charge in [0, 0.05) is 6.54 Å². The predicted molar refractivity (Wildman–Crippen MR) is 93.6 cm³/mol. The quantitative estimate of drug-likeness (QED) is 0.745. The summed E-state index contributed by atoms with van der Waals surface area (Å²) in [6.07, 6.45) is 1.63. The van der Waals surface area contributed by atoms with E-state index in [4.69, 9.17) is 4.42 Å². The number of hydrogen-bond acceptors (Lipinski definition) is 5. The Balaban J connectivity index is 1.72. The minimum Gasteiger partial charge on any atom is -0.468 e. The van der Waals surface area contributed by atoms with Crippen molar-refractivity contribution in [3.8, 4) is 5.69 Å². The van der Waals surface area contributed by atoms with Gasteiger partial charge < -0.3 is 9.73 Å². The van der Waals surface area contributed by atoms with Crippen molar-refractivity contribution < 1.29 is 9.21 Å². The highest BCUT2D eigenvalue weighted by Gasteiger charge is 2.21. The van der Waals surface area contributed by atoms with Crippen molar-refractivity contribution >= 4 is 5.91 Å². The van der Waals surface area contributed by atoms with Gasteiger partial charge in [0.2, 0.25) is 0 Å². The first kappa shape index (κ1) is 16.9. The number of aryl methyl sites for hydroxylation is 1. The molecule has 0 unspecified atom stereocenters. The van der Waals surface area contributed by atoms with Crippen LogP contribution in [0.3, 0.4) is 0 Å². The second-order valence-electron chi connectivity index (χ2n) is 5.96. The maximum absolute atomic E-state index is 12.5. The Morgan fingerprint density at radius 2 is 1.96 bits per heavy atom. The molecule has 7 heteroatoms. The number of carbonyl (C=O) groups is 1. The van der Waals surface area contributed by atoms with Crippen LogP contribution >= 0.6 is 0 Å². The number of amides is 1. The Hall–Kier alpha value is -2.93. The molecule has 0 aliphatic carbocycles. The van der Waals surface area contributed by atoms with Crippen molar-refractivity contribution in [1.82, 2.24) is 25.2 Å². The zero-order valence-corrected chi connectivity index (χ0v) is 14.5. The number of carbonyl (C=O) groups excluding carboxylic acids is 1. The van der Waals surface area contributed by atoms with E-state index in [2.05, 4.69) is 15.5 Å². The molecule has 0 fully saturated rings. The van der Waals surface area contributed by atoms with E-state index < -0.39 is 0 Å². The maximum atomic E-state index is 12.5. The zero-order chi connectivity index (χ0) is 17.8. The van der Waals surface area contributed by atoms with Crippen molar-refractivity contribution in [2.45, 2.75) is 13.0 Å². The summed E-state index contributed by atoms with van der Waals surface area (Å²) in [6.45, 7) is 2.19. The van der Waals surface area contributed by atoms with Gasteiger partial charge in [0.25, 0.3) is 5.91 Å². The molecular weight excluding hydrogens is 318 g/mol. The van der Waals surface area contributed by atoms with Gasteiger partial charge in [-0.05, 0) is 45.3 Å². The Bertz CT molecular complexity index is 825. The summed E-state index contributed by atoms with van der Waals surface area (Å²) < 4.78 is 5.46. The smallest absolute Gasteiger partial charge is 0.273 e. The van der Waals surface area contributed by atoms with E-state index in [0.717, 1.165) is 11.4 Å². The van der Waals surface area contributed by atoms with Crippen LogP contribution in [-0.4, -0.2) is 46.4 Å². The molecule has 1 amide bonds. The molecule has 2 heterocycles. The molecule has 0 saturated heterocycles. The summed E-state index contributed by atoms with van der Waals surface area (Å²) in [5.41, 5.74) is 1.72. The van der Waals surface area contributed by atoms with Gasteiger partial charge >= 0.3 is 0 Å². The lowest BCUT2D eigenvalue weighted by Gasteiger charge is -2.22. The average molecular weight is 339 g/mol. The van der Waals surface area contributed by atoms with Crippen molar-refractivity contribution in [2.75, 3.05) is 20.6 Å².